The van der Waals surface area contributed by atoms with Gasteiger partial charge in [-0.15, -0.1) is 0 Å². The van der Waals surface area contributed by atoms with Crippen molar-refractivity contribution in [3.05, 3.63) is 23.7 Å². The molecule has 0 saturated carbocycles. The molecule has 2 N–H and O–H groups in total. The molecule has 0 spiro atoms. The second-order valence-electron chi connectivity index (χ2n) is 5.05. The molecule has 22 heavy (non-hydrogen) atoms. The van der Waals surface area contributed by atoms with E-state index in [2.05, 4.69) is 5.32 Å². The Morgan fingerprint density at radius 2 is 2.05 bits per heavy atom. The summed E-state index contributed by atoms with van der Waals surface area (Å²) in [6.07, 6.45) is 2.03. The summed E-state index contributed by atoms with van der Waals surface area (Å²) < 4.78 is 29.8. The maximum atomic E-state index is 12.0. The number of carbonyl (C=O) groups is 2. The monoisotopic (exact) mass is 330 g/mol. The van der Waals surface area contributed by atoms with E-state index in [4.69, 9.17) is 9.52 Å². The summed E-state index contributed by atoms with van der Waals surface area (Å²) in [5, 5.41) is 11.5. The van der Waals surface area contributed by atoms with E-state index in [0.717, 1.165) is 12.3 Å². The van der Waals surface area contributed by atoms with Crippen LogP contribution in [0.25, 0.3) is 0 Å². The zero-order valence-electron chi connectivity index (χ0n) is 12.1. The van der Waals surface area contributed by atoms with Crippen LogP contribution in [0.5, 0.6) is 0 Å². The van der Waals surface area contributed by atoms with E-state index in [0.29, 0.717) is 25.9 Å². The molecule has 1 aromatic rings. The van der Waals surface area contributed by atoms with Crippen molar-refractivity contribution in [2.75, 3.05) is 18.8 Å². The third kappa shape index (κ3) is 3.66. The van der Waals surface area contributed by atoms with Crippen LogP contribution in [0.1, 0.15) is 40.7 Å². The number of amides is 1. The zero-order valence-corrected chi connectivity index (χ0v) is 12.9. The fraction of sp³-hybridized carbons (Fsp3) is 0.538. The Morgan fingerprint density at radius 3 is 2.55 bits per heavy atom. The second-order valence-corrected chi connectivity index (χ2v) is 7.31. The molecular weight excluding hydrogens is 312 g/mol. The topological polar surface area (TPSA) is 117 Å². The van der Waals surface area contributed by atoms with Crippen LogP contribution in [0.3, 0.4) is 0 Å². The van der Waals surface area contributed by atoms with E-state index in [9.17, 15) is 18.0 Å². The Labute approximate surface area is 128 Å². The molecule has 0 aromatic carbocycles. The molecule has 122 valence electrons. The quantitative estimate of drug-likeness (QED) is 0.813. The molecule has 1 aliphatic heterocycles. The Hall–Kier alpha value is -1.87. The predicted octanol–water partition coefficient (Wildman–Crippen LogP) is 0.522. The van der Waals surface area contributed by atoms with Crippen molar-refractivity contribution < 1.29 is 27.5 Å². The van der Waals surface area contributed by atoms with Crippen LogP contribution < -0.4 is 5.32 Å². The lowest BCUT2D eigenvalue weighted by molar-refractivity contribution is 0.0695. The molecule has 0 radical (unpaired) electrons. The number of hydrogen-bond donors (Lipinski definition) is 2. The largest absolute Gasteiger partial charge is 0.478 e. The van der Waals surface area contributed by atoms with E-state index in [1.807, 2.05) is 0 Å². The number of furan rings is 1. The highest BCUT2D eigenvalue weighted by Gasteiger charge is 2.28. The number of sulfonamides is 1. The molecule has 1 amide bonds. The molecule has 9 heteroatoms. The molecular formula is C13H18N2O6S. The van der Waals surface area contributed by atoms with Gasteiger partial charge in [0.15, 0.2) is 5.76 Å². The Morgan fingerprint density at radius 1 is 1.41 bits per heavy atom. The lowest BCUT2D eigenvalue weighted by atomic mass is 10.1. The Bertz CT molecular complexity index is 658. The Kier molecular flexibility index (Phi) is 4.87. The van der Waals surface area contributed by atoms with Gasteiger partial charge in [-0.25, -0.2) is 17.5 Å². The highest BCUT2D eigenvalue weighted by atomic mass is 32.2. The summed E-state index contributed by atoms with van der Waals surface area (Å²) in [6.45, 7) is 2.32. The van der Waals surface area contributed by atoms with Crippen molar-refractivity contribution in [3.8, 4) is 0 Å². The van der Waals surface area contributed by atoms with E-state index in [-0.39, 0.29) is 23.1 Å². The number of nitrogens with one attached hydrogen (secondary N) is 1. The molecule has 1 fully saturated rings. The van der Waals surface area contributed by atoms with Crippen molar-refractivity contribution in [1.82, 2.24) is 9.62 Å². The summed E-state index contributed by atoms with van der Waals surface area (Å²) in [4.78, 5) is 22.7. The third-order valence-electron chi connectivity index (χ3n) is 3.62. The van der Waals surface area contributed by atoms with Crippen molar-refractivity contribution in [1.29, 1.82) is 0 Å². The van der Waals surface area contributed by atoms with Crippen LogP contribution in [0, 0.1) is 0 Å². The number of nitrogens with zero attached hydrogens (tertiary/aromatic N) is 1. The molecule has 0 atom stereocenters. The number of carboxylic acid groups (broad SMARTS) is 1. The van der Waals surface area contributed by atoms with Crippen LogP contribution >= 0.6 is 0 Å². The summed E-state index contributed by atoms with van der Waals surface area (Å²) in [7, 11) is -3.19. The molecule has 1 saturated heterocycles. The van der Waals surface area contributed by atoms with Gasteiger partial charge in [0.1, 0.15) is 6.26 Å². The molecule has 2 heterocycles. The molecule has 1 aliphatic rings. The van der Waals surface area contributed by atoms with Gasteiger partial charge < -0.3 is 14.8 Å². The lowest BCUT2D eigenvalue weighted by Crippen LogP contribution is -2.46. The second kappa shape index (κ2) is 6.49. The smallest absolute Gasteiger partial charge is 0.338 e. The van der Waals surface area contributed by atoms with E-state index in [1.165, 1.54) is 4.31 Å². The first-order valence-corrected chi connectivity index (χ1v) is 8.55. The third-order valence-corrected chi connectivity index (χ3v) is 5.50. The van der Waals surface area contributed by atoms with E-state index in [1.54, 1.807) is 6.92 Å². The van der Waals surface area contributed by atoms with Crippen LogP contribution in [0.2, 0.25) is 0 Å². The normalized spacial score (nSPS) is 17.3. The highest BCUT2D eigenvalue weighted by Crippen LogP contribution is 2.15. The minimum Gasteiger partial charge on any atom is -0.478 e. The van der Waals surface area contributed by atoms with Gasteiger partial charge in [-0.2, -0.15) is 0 Å². The van der Waals surface area contributed by atoms with Crippen molar-refractivity contribution in [2.45, 2.75) is 25.8 Å². The molecule has 1 aromatic heterocycles. The number of piperidine rings is 1. The fourth-order valence-corrected chi connectivity index (χ4v) is 3.42. The van der Waals surface area contributed by atoms with Crippen LogP contribution in [-0.2, 0) is 10.0 Å². The first kappa shape index (κ1) is 16.5. The lowest BCUT2D eigenvalue weighted by Gasteiger charge is -2.31. The highest BCUT2D eigenvalue weighted by molar-refractivity contribution is 7.89. The minimum absolute atomic E-state index is 0.0639. The first-order valence-electron chi connectivity index (χ1n) is 6.94. The molecule has 0 unspecified atom stereocenters. The van der Waals surface area contributed by atoms with E-state index < -0.39 is 21.9 Å². The standard InChI is InChI=1S/C13H18N2O6S/c1-2-22(19,20)15-5-3-10(4-6-15)14-12(16)11-7-9(8-21-11)13(17)18/h7-8,10H,2-6H2,1H3,(H,14,16)(H,17,18). The van der Waals surface area contributed by atoms with Crippen molar-refractivity contribution in [3.63, 3.8) is 0 Å². The summed E-state index contributed by atoms with van der Waals surface area (Å²) in [6, 6.07) is 1.00. The number of rotatable bonds is 5. The van der Waals surface area contributed by atoms with Gasteiger partial charge in [0.2, 0.25) is 10.0 Å². The molecule has 2 rings (SSSR count). The Balaban J connectivity index is 1.90. The number of carbonyl (C=O) groups excluding carboxylic acids is 1. The predicted molar refractivity (Wildman–Crippen MR) is 77.2 cm³/mol. The molecule has 8 nitrogen and oxygen atoms in total. The van der Waals surface area contributed by atoms with Crippen molar-refractivity contribution >= 4 is 21.9 Å². The van der Waals surface area contributed by atoms with Gasteiger partial charge in [-0.1, -0.05) is 0 Å². The summed E-state index contributed by atoms with van der Waals surface area (Å²) >= 11 is 0. The average Bonchev–Trinajstić information content (AvgIpc) is 2.98. The minimum atomic E-state index is -3.19. The maximum absolute atomic E-state index is 12.0. The SMILES string of the molecule is CCS(=O)(=O)N1CCC(NC(=O)c2cc(C(=O)O)co2)CC1. The first-order chi connectivity index (χ1) is 10.3. The van der Waals surface area contributed by atoms with Crippen LogP contribution in [0.4, 0.5) is 0 Å². The van der Waals surface area contributed by atoms with Gasteiger partial charge in [0.05, 0.1) is 11.3 Å². The van der Waals surface area contributed by atoms with Gasteiger partial charge >= 0.3 is 5.97 Å². The average molecular weight is 330 g/mol. The summed E-state index contributed by atoms with van der Waals surface area (Å²) in [5.74, 6) is -1.67. The zero-order chi connectivity index (χ0) is 16.3. The summed E-state index contributed by atoms with van der Waals surface area (Å²) in [5.41, 5.74) is -0.0889. The van der Waals surface area contributed by atoms with Crippen molar-refractivity contribution in [2.24, 2.45) is 0 Å². The van der Waals surface area contributed by atoms with E-state index >= 15 is 0 Å². The molecule has 0 aliphatic carbocycles. The van der Waals surface area contributed by atoms with Crippen LogP contribution in [-0.4, -0.2) is 54.6 Å². The maximum Gasteiger partial charge on any atom is 0.338 e. The number of hydrogen-bond acceptors (Lipinski definition) is 5. The number of carboxylic acids is 1. The number of aromatic carboxylic acids is 1. The van der Waals surface area contributed by atoms with Gasteiger partial charge in [0, 0.05) is 25.2 Å². The fourth-order valence-electron chi connectivity index (χ4n) is 2.28. The van der Waals surface area contributed by atoms with Gasteiger partial charge in [-0.3, -0.25) is 4.79 Å². The molecule has 0 bridgehead atoms. The van der Waals surface area contributed by atoms with Gasteiger partial charge in [-0.05, 0) is 19.8 Å². The van der Waals surface area contributed by atoms with Crippen LogP contribution in [0.15, 0.2) is 16.7 Å². The van der Waals surface area contributed by atoms with Gasteiger partial charge in [0.25, 0.3) is 5.91 Å².